The van der Waals surface area contributed by atoms with E-state index in [1.54, 1.807) is 60.7 Å². The van der Waals surface area contributed by atoms with Crippen molar-refractivity contribution >= 4 is 72.4 Å². The summed E-state index contributed by atoms with van der Waals surface area (Å²) >= 11 is 12.3. The molecule has 0 saturated heterocycles. The highest BCUT2D eigenvalue weighted by molar-refractivity contribution is 7.91. The Morgan fingerprint density at radius 2 is 1.02 bits per heavy atom. The summed E-state index contributed by atoms with van der Waals surface area (Å²) in [5.41, 5.74) is 2.17. The topological polar surface area (TPSA) is 116 Å². The van der Waals surface area contributed by atoms with Gasteiger partial charge in [-0.25, -0.2) is 39.2 Å². The molecule has 6 aromatic carbocycles. The quantitative estimate of drug-likeness (QED) is 0.0690. The second kappa shape index (κ2) is 16.0. The predicted molar refractivity (Wildman–Crippen MR) is 210 cm³/mol. The fraction of sp³-hybridized carbons (Fsp3) is 0.0500. The molecule has 4 N–H and O–H groups in total. The van der Waals surface area contributed by atoms with Gasteiger partial charge in [-0.05, 0) is 35.7 Å². The lowest BCUT2D eigenvalue weighted by Gasteiger charge is -2.10. The Kier molecular flexibility index (Phi) is 11.1. The van der Waals surface area contributed by atoms with Crippen molar-refractivity contribution in [2.45, 2.75) is 12.7 Å². The van der Waals surface area contributed by atoms with Crippen molar-refractivity contribution in [2.75, 3.05) is 10.0 Å². The van der Waals surface area contributed by atoms with Crippen LogP contribution in [-0.4, -0.2) is 28.8 Å². The summed E-state index contributed by atoms with van der Waals surface area (Å²) in [5.74, 6) is -12.8. The van der Waals surface area contributed by atoms with Gasteiger partial charge in [-0.1, -0.05) is 114 Å². The zero-order valence-electron chi connectivity index (χ0n) is 29.5. The summed E-state index contributed by atoms with van der Waals surface area (Å²) in [6.07, 6.45) is 0. The van der Waals surface area contributed by atoms with Crippen molar-refractivity contribution in [1.29, 1.82) is 0 Å². The Bertz CT molecular complexity index is 2920. The Labute approximate surface area is 334 Å². The van der Waals surface area contributed by atoms with Crippen LogP contribution in [0.15, 0.2) is 97.1 Å². The van der Waals surface area contributed by atoms with Gasteiger partial charge in [0.1, 0.15) is 16.7 Å². The molecule has 58 heavy (non-hydrogen) atoms. The molecular formula is C40H25Cl2F7N6O2S. The fourth-order valence-electron chi connectivity index (χ4n) is 5.94. The van der Waals surface area contributed by atoms with Crippen molar-refractivity contribution in [3.05, 3.63) is 159 Å². The van der Waals surface area contributed by atoms with Crippen LogP contribution in [0.4, 0.5) is 48.1 Å². The van der Waals surface area contributed by atoms with E-state index in [1.807, 2.05) is 42.6 Å². The Hall–Kier alpha value is -6.10. The van der Waals surface area contributed by atoms with Crippen LogP contribution in [0.25, 0.3) is 44.1 Å². The fourth-order valence-corrected chi connectivity index (χ4v) is 7.61. The summed E-state index contributed by atoms with van der Waals surface area (Å²) in [7, 11) is -3.75. The van der Waals surface area contributed by atoms with E-state index in [2.05, 4.69) is 25.1 Å². The van der Waals surface area contributed by atoms with Crippen LogP contribution in [0.3, 0.4) is 0 Å². The highest BCUT2D eigenvalue weighted by Gasteiger charge is 2.28. The average Bonchev–Trinajstić information content (AvgIpc) is 3.82. The molecule has 2 aromatic heterocycles. The molecule has 0 fully saturated rings. The molecule has 8 nitrogen and oxygen atoms in total. The van der Waals surface area contributed by atoms with E-state index in [0.717, 1.165) is 5.56 Å². The van der Waals surface area contributed by atoms with Crippen LogP contribution in [0.5, 0.6) is 0 Å². The van der Waals surface area contributed by atoms with Crippen LogP contribution in [0.1, 0.15) is 11.1 Å². The molecule has 8 rings (SSSR count). The maximum absolute atomic E-state index is 14.8. The van der Waals surface area contributed by atoms with Crippen LogP contribution in [0, 0.1) is 47.6 Å². The van der Waals surface area contributed by atoms with Gasteiger partial charge in [0, 0.05) is 21.9 Å². The Morgan fingerprint density at radius 3 is 1.50 bits per heavy atom. The Morgan fingerprint density at radius 1 is 0.586 bits per heavy atom. The number of nitrogens with zero attached hydrogens (tertiary/aromatic N) is 2. The van der Waals surface area contributed by atoms with Gasteiger partial charge < -0.3 is 5.32 Å². The van der Waals surface area contributed by atoms with Crippen molar-refractivity contribution in [3.8, 4) is 22.3 Å². The van der Waals surface area contributed by atoms with E-state index in [1.165, 1.54) is 6.07 Å². The molecule has 0 aliphatic carbocycles. The van der Waals surface area contributed by atoms with Crippen LogP contribution in [0.2, 0.25) is 10.0 Å². The van der Waals surface area contributed by atoms with E-state index < -0.39 is 56.4 Å². The van der Waals surface area contributed by atoms with E-state index in [0.29, 0.717) is 27.6 Å². The maximum Gasteiger partial charge on any atom is 0.238 e. The molecule has 296 valence electrons. The summed E-state index contributed by atoms with van der Waals surface area (Å²) in [6.45, 7) is 1.93. The number of benzene rings is 6. The second-order valence-electron chi connectivity index (χ2n) is 12.7. The van der Waals surface area contributed by atoms with E-state index in [-0.39, 0.29) is 49.4 Å². The molecule has 0 saturated carbocycles. The van der Waals surface area contributed by atoms with E-state index in [9.17, 15) is 39.2 Å². The molecule has 0 amide bonds. The SMILES string of the molecule is Cc1ccc(CS(=O)(=O)Nc2n[nH]c3c(F)c(Cl)c(-c4ccccc4)cc23)cc1.Fc1c(F)c(F)c(Nc2n[nH]c3c(F)c(Cl)c(-c4ccccc4)cc23)c(F)c1F. The van der Waals surface area contributed by atoms with E-state index in [4.69, 9.17) is 23.2 Å². The average molecular weight is 858 g/mol. The minimum atomic E-state index is -3.75. The van der Waals surface area contributed by atoms with Crippen LogP contribution < -0.4 is 10.0 Å². The zero-order valence-corrected chi connectivity index (χ0v) is 31.8. The standard InChI is InChI=1S/C21H17ClFN3O2S.C19H8ClF6N3/c1-13-7-9-14(10-8-13)12-29(27,28)26-21-17-11-16(15-5-3-2-4-6-15)18(22)19(23)20(17)24-25-21;20-10-8(7-4-2-1-3-5-7)6-9-17(11(10)21)28-29-19(9)27-18-15(25)13(23)12(22)14(24)16(18)26/h2-11H,12H2,1H3,(H2,24,25,26);1-6H,(H2,27,28,29). The molecular weight excluding hydrogens is 832 g/mol. The van der Waals surface area contributed by atoms with Gasteiger partial charge >= 0.3 is 0 Å². The zero-order chi connectivity index (χ0) is 41.5. The second-order valence-corrected chi connectivity index (χ2v) is 15.2. The lowest BCUT2D eigenvalue weighted by atomic mass is 10.0. The molecule has 18 heteroatoms. The minimum Gasteiger partial charge on any atom is -0.333 e. The summed E-state index contributed by atoms with van der Waals surface area (Å²) < 4.78 is 125. The smallest absolute Gasteiger partial charge is 0.238 e. The number of H-pyrrole nitrogens is 2. The molecule has 0 bridgehead atoms. The van der Waals surface area contributed by atoms with Crippen LogP contribution >= 0.6 is 23.2 Å². The summed E-state index contributed by atoms with van der Waals surface area (Å²) in [6, 6.07) is 27.7. The van der Waals surface area contributed by atoms with Gasteiger partial charge in [0.2, 0.25) is 15.8 Å². The first-order chi connectivity index (χ1) is 27.6. The highest BCUT2D eigenvalue weighted by atomic mass is 35.5. The van der Waals surface area contributed by atoms with Crippen molar-refractivity contribution in [2.24, 2.45) is 0 Å². The number of fused-ring (bicyclic) bond motifs is 2. The van der Waals surface area contributed by atoms with Gasteiger partial charge in [0.05, 0.1) is 15.8 Å². The number of nitrogens with one attached hydrogen (secondary N) is 4. The third kappa shape index (κ3) is 7.77. The molecule has 0 radical (unpaired) electrons. The molecule has 0 aliphatic rings. The molecule has 0 atom stereocenters. The van der Waals surface area contributed by atoms with Crippen molar-refractivity contribution in [3.63, 3.8) is 0 Å². The normalized spacial score (nSPS) is 11.5. The third-order valence-corrected chi connectivity index (χ3v) is 10.8. The summed E-state index contributed by atoms with van der Waals surface area (Å²) in [5, 5.41) is 14.5. The first-order valence-corrected chi connectivity index (χ1v) is 19.2. The molecule has 0 aliphatic heterocycles. The molecule has 2 heterocycles. The monoisotopic (exact) mass is 856 g/mol. The molecule has 8 aromatic rings. The highest BCUT2D eigenvalue weighted by Crippen LogP contribution is 2.39. The maximum atomic E-state index is 14.8. The van der Waals surface area contributed by atoms with Crippen molar-refractivity contribution < 1.29 is 39.2 Å². The van der Waals surface area contributed by atoms with Crippen molar-refractivity contribution in [1.82, 2.24) is 20.4 Å². The number of aromatic amines is 2. The first-order valence-electron chi connectivity index (χ1n) is 16.8. The molecule has 0 unspecified atom stereocenters. The van der Waals surface area contributed by atoms with Gasteiger partial charge in [0.25, 0.3) is 0 Å². The van der Waals surface area contributed by atoms with Gasteiger partial charge in [-0.2, -0.15) is 10.2 Å². The number of rotatable bonds is 8. The lowest BCUT2D eigenvalue weighted by molar-refractivity contribution is 0.382. The number of hydrogen-bond donors (Lipinski definition) is 4. The van der Waals surface area contributed by atoms with Gasteiger partial charge in [0.15, 0.2) is 46.5 Å². The molecule has 0 spiro atoms. The number of aryl methyl sites for hydroxylation is 1. The summed E-state index contributed by atoms with van der Waals surface area (Å²) in [4.78, 5) is 0. The number of hydrogen-bond acceptors (Lipinski definition) is 5. The predicted octanol–water partition coefficient (Wildman–Crippen LogP) is 11.7. The van der Waals surface area contributed by atoms with Gasteiger partial charge in [-0.15, -0.1) is 0 Å². The van der Waals surface area contributed by atoms with E-state index >= 15 is 0 Å². The first kappa shape index (κ1) is 40.1. The number of halogens is 9. The Balaban J connectivity index is 0.000000177. The number of aromatic nitrogens is 4. The largest absolute Gasteiger partial charge is 0.333 e. The number of anilines is 3. The van der Waals surface area contributed by atoms with Gasteiger partial charge in [-0.3, -0.25) is 14.9 Å². The lowest BCUT2D eigenvalue weighted by Crippen LogP contribution is -2.15. The number of sulfonamides is 1. The minimum absolute atomic E-state index is 0.00491. The third-order valence-electron chi connectivity index (χ3n) is 8.83. The van der Waals surface area contributed by atoms with Crippen LogP contribution in [-0.2, 0) is 15.8 Å².